The summed E-state index contributed by atoms with van der Waals surface area (Å²) < 4.78 is 0. The summed E-state index contributed by atoms with van der Waals surface area (Å²) in [6.45, 7) is 14.7. The summed E-state index contributed by atoms with van der Waals surface area (Å²) >= 11 is 0. The SMILES string of the molecule is CCCC1CNC(C)(C)CN1Cc1cc(C)ccc1C. The summed E-state index contributed by atoms with van der Waals surface area (Å²) in [5, 5.41) is 3.69. The van der Waals surface area contributed by atoms with Crippen molar-refractivity contribution in [1.29, 1.82) is 0 Å². The molecular formula is C18H30N2. The number of nitrogens with one attached hydrogen (secondary N) is 1. The van der Waals surface area contributed by atoms with Crippen LogP contribution in [0.5, 0.6) is 0 Å². The van der Waals surface area contributed by atoms with Crippen molar-refractivity contribution < 1.29 is 0 Å². The minimum Gasteiger partial charge on any atom is -0.309 e. The molecule has 1 aliphatic rings. The average Bonchev–Trinajstić information content (AvgIpc) is 2.37. The minimum atomic E-state index is 0.224. The molecule has 1 aromatic carbocycles. The second kappa shape index (κ2) is 6.28. The van der Waals surface area contributed by atoms with Gasteiger partial charge in [-0.3, -0.25) is 4.90 Å². The van der Waals surface area contributed by atoms with Crippen molar-refractivity contribution in [1.82, 2.24) is 10.2 Å². The molecule has 1 saturated heterocycles. The Labute approximate surface area is 124 Å². The fourth-order valence-corrected chi connectivity index (χ4v) is 3.21. The molecule has 20 heavy (non-hydrogen) atoms. The van der Waals surface area contributed by atoms with Crippen molar-refractivity contribution in [3.63, 3.8) is 0 Å². The van der Waals surface area contributed by atoms with Crippen LogP contribution in [0.3, 0.4) is 0 Å². The summed E-state index contributed by atoms with van der Waals surface area (Å²) in [4.78, 5) is 2.68. The molecule has 0 spiro atoms. The molecule has 0 aromatic heterocycles. The zero-order chi connectivity index (χ0) is 14.8. The van der Waals surface area contributed by atoms with E-state index in [2.05, 4.69) is 63.0 Å². The summed E-state index contributed by atoms with van der Waals surface area (Å²) in [5.41, 5.74) is 4.50. The zero-order valence-corrected chi connectivity index (χ0v) is 13.8. The fourth-order valence-electron chi connectivity index (χ4n) is 3.21. The van der Waals surface area contributed by atoms with Crippen LogP contribution in [0.1, 0.15) is 50.3 Å². The van der Waals surface area contributed by atoms with Gasteiger partial charge in [-0.1, -0.05) is 37.1 Å². The van der Waals surface area contributed by atoms with Crippen LogP contribution in [-0.4, -0.2) is 29.6 Å². The number of piperazine rings is 1. The van der Waals surface area contributed by atoms with Crippen LogP contribution in [0.4, 0.5) is 0 Å². The molecule has 2 nitrogen and oxygen atoms in total. The number of benzene rings is 1. The maximum Gasteiger partial charge on any atom is 0.0253 e. The van der Waals surface area contributed by atoms with Gasteiger partial charge in [0.25, 0.3) is 0 Å². The molecule has 1 aliphatic heterocycles. The lowest BCUT2D eigenvalue weighted by molar-refractivity contribution is 0.0825. The largest absolute Gasteiger partial charge is 0.309 e. The smallest absolute Gasteiger partial charge is 0.0253 e. The highest BCUT2D eigenvalue weighted by atomic mass is 15.2. The predicted molar refractivity (Wildman–Crippen MR) is 87.1 cm³/mol. The molecule has 0 radical (unpaired) electrons. The number of hydrogen-bond acceptors (Lipinski definition) is 2. The van der Waals surface area contributed by atoms with Gasteiger partial charge in [0.1, 0.15) is 0 Å². The summed E-state index contributed by atoms with van der Waals surface area (Å²) in [7, 11) is 0. The molecule has 1 fully saturated rings. The lowest BCUT2D eigenvalue weighted by Gasteiger charge is -2.45. The molecule has 2 rings (SSSR count). The lowest BCUT2D eigenvalue weighted by atomic mass is 9.95. The maximum absolute atomic E-state index is 3.69. The van der Waals surface area contributed by atoms with Crippen LogP contribution >= 0.6 is 0 Å². The third kappa shape index (κ3) is 3.83. The molecular weight excluding hydrogens is 244 g/mol. The van der Waals surface area contributed by atoms with Gasteiger partial charge in [0.2, 0.25) is 0 Å². The van der Waals surface area contributed by atoms with E-state index in [-0.39, 0.29) is 5.54 Å². The van der Waals surface area contributed by atoms with Gasteiger partial charge in [0.05, 0.1) is 0 Å². The topological polar surface area (TPSA) is 15.3 Å². The molecule has 1 N–H and O–H groups in total. The van der Waals surface area contributed by atoms with Gasteiger partial charge in [-0.05, 0) is 45.2 Å². The van der Waals surface area contributed by atoms with E-state index in [1.807, 2.05) is 0 Å². The molecule has 0 saturated carbocycles. The second-order valence-corrected chi connectivity index (χ2v) is 7.04. The summed E-state index contributed by atoms with van der Waals surface area (Å²) in [6.07, 6.45) is 2.55. The molecule has 2 heteroatoms. The molecule has 0 amide bonds. The van der Waals surface area contributed by atoms with Crippen molar-refractivity contribution in [2.75, 3.05) is 13.1 Å². The standard InChI is InChI=1S/C18H30N2/c1-6-7-17-11-19-18(4,5)13-20(17)12-16-10-14(2)8-9-15(16)3/h8-10,17,19H,6-7,11-13H2,1-5H3. The van der Waals surface area contributed by atoms with E-state index < -0.39 is 0 Å². The normalized spacial score (nSPS) is 22.9. The highest BCUT2D eigenvalue weighted by Gasteiger charge is 2.31. The molecule has 1 atom stereocenters. The maximum atomic E-state index is 3.69. The van der Waals surface area contributed by atoms with Gasteiger partial charge >= 0.3 is 0 Å². The van der Waals surface area contributed by atoms with Crippen LogP contribution in [-0.2, 0) is 6.54 Å². The van der Waals surface area contributed by atoms with Crippen molar-refractivity contribution in [3.05, 3.63) is 34.9 Å². The van der Waals surface area contributed by atoms with Crippen LogP contribution in [0.15, 0.2) is 18.2 Å². The Hall–Kier alpha value is -0.860. The molecule has 0 bridgehead atoms. The van der Waals surface area contributed by atoms with Crippen LogP contribution < -0.4 is 5.32 Å². The van der Waals surface area contributed by atoms with Gasteiger partial charge in [-0.25, -0.2) is 0 Å². The minimum absolute atomic E-state index is 0.224. The van der Waals surface area contributed by atoms with Gasteiger partial charge in [-0.2, -0.15) is 0 Å². The van der Waals surface area contributed by atoms with Gasteiger partial charge in [-0.15, -0.1) is 0 Å². The summed E-state index contributed by atoms with van der Waals surface area (Å²) in [5.74, 6) is 0. The lowest BCUT2D eigenvalue weighted by Crippen LogP contribution is -2.61. The van der Waals surface area contributed by atoms with Crippen molar-refractivity contribution in [3.8, 4) is 0 Å². The monoisotopic (exact) mass is 274 g/mol. The molecule has 1 aromatic rings. The molecule has 0 aliphatic carbocycles. The van der Waals surface area contributed by atoms with E-state index in [0.717, 1.165) is 19.6 Å². The second-order valence-electron chi connectivity index (χ2n) is 7.04. The van der Waals surface area contributed by atoms with Crippen molar-refractivity contribution in [2.24, 2.45) is 0 Å². The Morgan fingerprint density at radius 3 is 2.75 bits per heavy atom. The number of aryl methyl sites for hydroxylation is 2. The predicted octanol–water partition coefficient (Wildman–Crippen LogP) is 3.66. The Bertz CT molecular complexity index is 451. The number of hydrogen-bond donors (Lipinski definition) is 1. The van der Waals surface area contributed by atoms with Crippen LogP contribution in [0, 0.1) is 13.8 Å². The van der Waals surface area contributed by atoms with E-state index in [9.17, 15) is 0 Å². The van der Waals surface area contributed by atoms with E-state index in [1.54, 1.807) is 0 Å². The van der Waals surface area contributed by atoms with Gasteiger partial charge in [0.15, 0.2) is 0 Å². The first-order chi connectivity index (χ1) is 9.41. The third-order valence-electron chi connectivity index (χ3n) is 4.43. The highest BCUT2D eigenvalue weighted by Crippen LogP contribution is 2.22. The Kier molecular flexibility index (Phi) is 4.87. The first-order valence-corrected chi connectivity index (χ1v) is 7.96. The Balaban J connectivity index is 2.16. The van der Waals surface area contributed by atoms with Crippen molar-refractivity contribution in [2.45, 2.75) is 65.6 Å². The quantitative estimate of drug-likeness (QED) is 0.901. The molecule has 112 valence electrons. The molecule has 1 heterocycles. The van der Waals surface area contributed by atoms with Gasteiger partial charge < -0.3 is 5.32 Å². The van der Waals surface area contributed by atoms with E-state index in [4.69, 9.17) is 0 Å². The van der Waals surface area contributed by atoms with E-state index in [0.29, 0.717) is 6.04 Å². The average molecular weight is 274 g/mol. The Morgan fingerprint density at radius 1 is 1.30 bits per heavy atom. The number of nitrogens with zero attached hydrogens (tertiary/aromatic N) is 1. The van der Waals surface area contributed by atoms with Crippen molar-refractivity contribution >= 4 is 0 Å². The first-order valence-electron chi connectivity index (χ1n) is 7.96. The van der Waals surface area contributed by atoms with Gasteiger partial charge in [0, 0.05) is 31.2 Å². The fraction of sp³-hybridized carbons (Fsp3) is 0.667. The molecule has 1 unspecified atom stereocenters. The third-order valence-corrected chi connectivity index (χ3v) is 4.43. The van der Waals surface area contributed by atoms with Crippen LogP contribution in [0.25, 0.3) is 0 Å². The van der Waals surface area contributed by atoms with Crippen LogP contribution in [0.2, 0.25) is 0 Å². The Morgan fingerprint density at radius 2 is 2.05 bits per heavy atom. The zero-order valence-electron chi connectivity index (χ0n) is 13.8. The van der Waals surface area contributed by atoms with E-state index >= 15 is 0 Å². The first kappa shape index (κ1) is 15.5. The summed E-state index contributed by atoms with van der Waals surface area (Å²) in [6, 6.07) is 7.50. The number of rotatable bonds is 4. The highest BCUT2D eigenvalue weighted by molar-refractivity contribution is 5.30. The van der Waals surface area contributed by atoms with E-state index in [1.165, 1.54) is 29.5 Å².